The number of nitrogens with zero attached hydrogens (tertiary/aromatic N) is 3. The maximum atomic E-state index is 15.3. The smallest absolute Gasteiger partial charge is 0.247 e. The summed E-state index contributed by atoms with van der Waals surface area (Å²) in [5, 5.41) is 7.21. The summed E-state index contributed by atoms with van der Waals surface area (Å²) >= 11 is 0. The number of anilines is 1. The minimum absolute atomic E-state index is 0.00188. The zero-order valence-electron chi connectivity index (χ0n) is 20.3. The Bertz CT molecular complexity index is 1390. The molecule has 2 aromatic heterocycles. The van der Waals surface area contributed by atoms with E-state index in [1.165, 1.54) is 26.4 Å². The zero-order valence-corrected chi connectivity index (χ0v) is 20.3. The van der Waals surface area contributed by atoms with Crippen LogP contribution in [-0.2, 0) is 30.1 Å². The van der Waals surface area contributed by atoms with Crippen LogP contribution in [0.4, 0.5) is 14.5 Å². The molecule has 2 aliphatic carbocycles. The molecule has 1 aromatic carbocycles. The van der Waals surface area contributed by atoms with Crippen molar-refractivity contribution in [1.29, 1.82) is 0 Å². The van der Waals surface area contributed by atoms with Crippen molar-refractivity contribution in [2.45, 2.75) is 31.1 Å². The molecule has 36 heavy (non-hydrogen) atoms. The first kappa shape index (κ1) is 23.7. The topological polar surface area (TPSA) is 78.3 Å². The summed E-state index contributed by atoms with van der Waals surface area (Å²) in [5.74, 6) is -1.77. The van der Waals surface area contributed by atoms with Crippen LogP contribution in [0.1, 0.15) is 40.9 Å². The Morgan fingerprint density at radius 3 is 2.53 bits per heavy atom. The standard InChI is InChI=1S/C27H26F2N4O3/c1-5-23(34)31-20-14-33(2)32-19(20)11-18-10-15-8-17(9-16(15)13-30-18)27(6-7-27)24-25(28)21(35-3)12-22(36-4)26(24)29/h5,8,10,12-14H,1,6-7,9,11H2,2-4H3,(H,31,34). The number of hydrogen-bond acceptors (Lipinski definition) is 5. The molecule has 0 unspecified atom stereocenters. The van der Waals surface area contributed by atoms with Crippen LogP contribution in [0.3, 0.4) is 0 Å². The highest BCUT2D eigenvalue weighted by Gasteiger charge is 2.52. The third-order valence-corrected chi connectivity index (χ3v) is 6.90. The van der Waals surface area contributed by atoms with Gasteiger partial charge in [-0.05, 0) is 42.5 Å². The zero-order chi connectivity index (χ0) is 25.6. The van der Waals surface area contributed by atoms with E-state index in [9.17, 15) is 4.79 Å². The Hall–Kier alpha value is -4.01. The van der Waals surface area contributed by atoms with Crippen LogP contribution in [0, 0.1) is 11.6 Å². The number of aromatic nitrogens is 3. The van der Waals surface area contributed by atoms with E-state index in [-0.39, 0.29) is 23.0 Å². The molecule has 1 fully saturated rings. The van der Waals surface area contributed by atoms with Gasteiger partial charge in [-0.3, -0.25) is 14.5 Å². The second kappa shape index (κ2) is 8.89. The fourth-order valence-corrected chi connectivity index (χ4v) is 4.96. The second-order valence-electron chi connectivity index (χ2n) is 9.12. The largest absolute Gasteiger partial charge is 0.494 e. The van der Waals surface area contributed by atoms with Crippen molar-refractivity contribution in [3.05, 3.63) is 82.5 Å². The molecule has 0 atom stereocenters. The van der Waals surface area contributed by atoms with Gasteiger partial charge in [0.05, 0.1) is 25.6 Å². The monoisotopic (exact) mass is 492 g/mol. The number of allylic oxidation sites excluding steroid dienone is 1. The first-order valence-electron chi connectivity index (χ1n) is 11.5. The molecule has 9 heteroatoms. The molecule has 1 amide bonds. The summed E-state index contributed by atoms with van der Waals surface area (Å²) in [6.07, 6.45) is 8.98. The van der Waals surface area contributed by atoms with E-state index >= 15 is 8.78 Å². The minimum Gasteiger partial charge on any atom is -0.494 e. The van der Waals surface area contributed by atoms with E-state index in [0.29, 0.717) is 37.1 Å². The van der Waals surface area contributed by atoms with E-state index in [4.69, 9.17) is 9.47 Å². The van der Waals surface area contributed by atoms with Crippen molar-refractivity contribution in [2.75, 3.05) is 19.5 Å². The molecular weight excluding hydrogens is 466 g/mol. The lowest BCUT2D eigenvalue weighted by Crippen LogP contribution is -2.16. The van der Waals surface area contributed by atoms with Gasteiger partial charge in [0, 0.05) is 48.6 Å². The number of hydrogen-bond donors (Lipinski definition) is 1. The third-order valence-electron chi connectivity index (χ3n) is 6.90. The van der Waals surface area contributed by atoms with Gasteiger partial charge in [0.1, 0.15) is 0 Å². The number of nitrogens with one attached hydrogen (secondary N) is 1. The number of aryl methyl sites for hydroxylation is 1. The molecule has 0 saturated heterocycles. The first-order valence-corrected chi connectivity index (χ1v) is 11.5. The van der Waals surface area contributed by atoms with Gasteiger partial charge in [-0.2, -0.15) is 5.10 Å². The summed E-state index contributed by atoms with van der Waals surface area (Å²) in [7, 11) is 4.48. The van der Waals surface area contributed by atoms with Gasteiger partial charge in [0.15, 0.2) is 23.1 Å². The lowest BCUT2D eigenvalue weighted by molar-refractivity contribution is -0.111. The summed E-state index contributed by atoms with van der Waals surface area (Å²) < 4.78 is 42.6. The predicted octanol–water partition coefficient (Wildman–Crippen LogP) is 4.50. The molecule has 186 valence electrons. The predicted molar refractivity (Wildman–Crippen MR) is 131 cm³/mol. The average molecular weight is 493 g/mol. The third kappa shape index (κ3) is 3.94. The van der Waals surface area contributed by atoms with Crippen LogP contribution < -0.4 is 14.8 Å². The van der Waals surface area contributed by atoms with Crippen molar-refractivity contribution in [3.63, 3.8) is 0 Å². The average Bonchev–Trinajstić information content (AvgIpc) is 3.42. The highest BCUT2D eigenvalue weighted by atomic mass is 19.1. The number of fused-ring (bicyclic) bond motifs is 1. The van der Waals surface area contributed by atoms with E-state index < -0.39 is 17.0 Å². The number of halogens is 2. The Kier molecular flexibility index (Phi) is 5.86. The molecule has 0 aliphatic heterocycles. The number of pyridine rings is 1. The highest BCUT2D eigenvalue weighted by Crippen LogP contribution is 2.59. The van der Waals surface area contributed by atoms with Gasteiger partial charge >= 0.3 is 0 Å². The number of methoxy groups -OCH3 is 2. The maximum absolute atomic E-state index is 15.3. The van der Waals surface area contributed by atoms with Gasteiger partial charge in [-0.25, -0.2) is 8.78 Å². The SMILES string of the molecule is C=CC(=O)Nc1cn(C)nc1Cc1cc2c(cn1)CC(C1(c3c(F)c(OC)cc(OC)c3F)CC1)=C2. The molecule has 2 aliphatic rings. The van der Waals surface area contributed by atoms with Crippen LogP contribution in [0.5, 0.6) is 11.5 Å². The number of carbonyl (C=O) groups is 1. The van der Waals surface area contributed by atoms with Crippen molar-refractivity contribution < 1.29 is 23.0 Å². The van der Waals surface area contributed by atoms with Crippen LogP contribution in [0.15, 0.2) is 42.8 Å². The molecule has 0 bridgehead atoms. The van der Waals surface area contributed by atoms with Gasteiger partial charge in [0.25, 0.3) is 0 Å². The maximum Gasteiger partial charge on any atom is 0.247 e. The lowest BCUT2D eigenvalue weighted by atomic mass is 9.85. The fourth-order valence-electron chi connectivity index (χ4n) is 4.96. The van der Waals surface area contributed by atoms with E-state index in [1.807, 2.05) is 12.1 Å². The molecule has 1 saturated carbocycles. The Labute approximate surface area is 207 Å². The van der Waals surface area contributed by atoms with E-state index in [2.05, 4.69) is 22.0 Å². The van der Waals surface area contributed by atoms with Crippen LogP contribution in [0.25, 0.3) is 6.08 Å². The molecule has 0 radical (unpaired) electrons. The van der Waals surface area contributed by atoms with Crippen LogP contribution in [0.2, 0.25) is 0 Å². The van der Waals surface area contributed by atoms with E-state index in [0.717, 1.165) is 22.4 Å². The molecule has 1 N–H and O–H groups in total. The number of amides is 1. The first-order chi connectivity index (χ1) is 17.3. The van der Waals surface area contributed by atoms with Crippen LogP contribution >= 0.6 is 0 Å². The summed E-state index contributed by atoms with van der Waals surface area (Å²) in [6, 6.07) is 3.20. The fraction of sp³-hybridized carbons (Fsp3) is 0.296. The van der Waals surface area contributed by atoms with Gasteiger partial charge in [-0.15, -0.1) is 0 Å². The Balaban J connectivity index is 1.46. The quantitative estimate of drug-likeness (QED) is 0.469. The lowest BCUT2D eigenvalue weighted by Gasteiger charge is -2.21. The Morgan fingerprint density at radius 1 is 1.22 bits per heavy atom. The van der Waals surface area contributed by atoms with Crippen molar-refractivity contribution in [2.24, 2.45) is 7.05 Å². The normalized spacial score (nSPS) is 15.2. The molecule has 7 nitrogen and oxygen atoms in total. The molecule has 3 aromatic rings. The molecule has 2 heterocycles. The number of ether oxygens (including phenoxy) is 2. The molecular formula is C27H26F2N4O3. The molecule has 0 spiro atoms. The summed E-state index contributed by atoms with van der Waals surface area (Å²) in [5.41, 5.74) is 4.21. The highest BCUT2D eigenvalue weighted by molar-refractivity contribution is 5.99. The van der Waals surface area contributed by atoms with Gasteiger partial charge in [0.2, 0.25) is 5.91 Å². The van der Waals surface area contributed by atoms with E-state index in [1.54, 1.807) is 24.1 Å². The summed E-state index contributed by atoms with van der Waals surface area (Å²) in [6.45, 7) is 3.48. The number of carbonyl (C=O) groups excluding carboxylic acids is 1. The van der Waals surface area contributed by atoms with Crippen molar-refractivity contribution >= 4 is 17.7 Å². The minimum atomic E-state index is -0.738. The van der Waals surface area contributed by atoms with Gasteiger partial charge in [-0.1, -0.05) is 18.2 Å². The Morgan fingerprint density at radius 2 is 1.92 bits per heavy atom. The number of rotatable bonds is 8. The summed E-state index contributed by atoms with van der Waals surface area (Å²) in [4.78, 5) is 16.4. The van der Waals surface area contributed by atoms with Gasteiger partial charge < -0.3 is 14.8 Å². The van der Waals surface area contributed by atoms with Crippen molar-refractivity contribution in [3.8, 4) is 11.5 Å². The molecule has 5 rings (SSSR count). The second-order valence-corrected chi connectivity index (χ2v) is 9.12. The van der Waals surface area contributed by atoms with Crippen molar-refractivity contribution in [1.82, 2.24) is 14.8 Å². The van der Waals surface area contributed by atoms with Crippen LogP contribution in [-0.4, -0.2) is 34.9 Å². The number of benzene rings is 1.